The van der Waals surface area contributed by atoms with E-state index in [1.54, 1.807) is 43.0 Å². The molecule has 2 fully saturated rings. The average Bonchev–Trinajstić information content (AvgIpc) is 3.50. The van der Waals surface area contributed by atoms with Gasteiger partial charge in [0.05, 0.1) is 12.6 Å². The molecule has 1 unspecified atom stereocenters. The second kappa shape index (κ2) is 10.3. The monoisotopic (exact) mass is 543 g/mol. The number of alkyl halides is 3. The Morgan fingerprint density at radius 1 is 1.23 bits per heavy atom. The summed E-state index contributed by atoms with van der Waals surface area (Å²) in [6.07, 6.45) is -1.53. The molecule has 5 rings (SSSR count). The normalized spacial score (nSPS) is 16.4. The summed E-state index contributed by atoms with van der Waals surface area (Å²) < 4.78 is 62.0. The lowest BCUT2D eigenvalue weighted by Gasteiger charge is -2.21. The van der Waals surface area contributed by atoms with Crippen LogP contribution >= 0.6 is 0 Å². The van der Waals surface area contributed by atoms with E-state index in [9.17, 15) is 22.4 Å². The number of hydrogen-bond acceptors (Lipinski definition) is 4. The number of hydrogen-bond donors (Lipinski definition) is 2. The third kappa shape index (κ3) is 5.76. The predicted molar refractivity (Wildman–Crippen MR) is 136 cm³/mol. The van der Waals surface area contributed by atoms with E-state index < -0.39 is 17.8 Å². The first-order valence-electron chi connectivity index (χ1n) is 12.9. The van der Waals surface area contributed by atoms with E-state index in [4.69, 9.17) is 10.1 Å². The lowest BCUT2D eigenvalue weighted by Crippen LogP contribution is -2.30. The standard InChI is InChI=1S/C28H29F4N5O2/c1-3-37-15-22(25(35-37)28(30,31)32)20-11-17(14-36-8-9-39-27(36)33)12-21(13-20)26(38)34-24(18-4-5-18)19-6-7-23(29)16(2)10-19/h6-7,10-13,15,18,24,33H,3-5,8-9,14H2,1-2H3,(H,34,38). The van der Waals surface area contributed by atoms with Gasteiger partial charge in [0.1, 0.15) is 12.4 Å². The molecule has 1 saturated carbocycles. The number of amides is 1. The number of benzene rings is 2. The van der Waals surface area contributed by atoms with Crippen LogP contribution in [0.3, 0.4) is 0 Å². The molecule has 2 N–H and O–H groups in total. The van der Waals surface area contributed by atoms with Crippen molar-refractivity contribution < 1.29 is 27.1 Å². The SMILES string of the molecule is CCn1cc(-c2cc(CN3CCOC3=N)cc(C(=O)NC(c3ccc(F)c(C)c3)C3CC3)c2)c(C(F)(F)F)n1. The topological polar surface area (TPSA) is 83.2 Å². The maximum absolute atomic E-state index is 13.9. The van der Waals surface area contributed by atoms with Gasteiger partial charge in [-0.3, -0.25) is 14.9 Å². The summed E-state index contributed by atoms with van der Waals surface area (Å²) >= 11 is 0. The average molecular weight is 544 g/mol. The van der Waals surface area contributed by atoms with Crippen LogP contribution in [-0.2, 0) is 24.0 Å². The van der Waals surface area contributed by atoms with Gasteiger partial charge in [-0.25, -0.2) is 4.39 Å². The van der Waals surface area contributed by atoms with Crippen LogP contribution in [0.5, 0.6) is 0 Å². The van der Waals surface area contributed by atoms with E-state index in [1.807, 2.05) is 0 Å². The van der Waals surface area contributed by atoms with Crippen molar-refractivity contribution in [2.75, 3.05) is 13.2 Å². The molecule has 1 aliphatic carbocycles. The quantitative estimate of drug-likeness (QED) is 0.358. The third-order valence-electron chi connectivity index (χ3n) is 7.10. The largest absolute Gasteiger partial charge is 0.463 e. The number of aromatic nitrogens is 2. The molecule has 0 bridgehead atoms. The third-order valence-corrected chi connectivity index (χ3v) is 7.10. The number of rotatable bonds is 8. The Morgan fingerprint density at radius 3 is 2.62 bits per heavy atom. The Kier molecular flexibility index (Phi) is 7.09. The number of halogens is 4. The number of aryl methyl sites for hydroxylation is 2. The van der Waals surface area contributed by atoms with Gasteiger partial charge in [0.25, 0.3) is 11.9 Å². The second-order valence-electron chi connectivity index (χ2n) is 10.0. The van der Waals surface area contributed by atoms with Crippen LogP contribution in [0.15, 0.2) is 42.6 Å². The highest BCUT2D eigenvalue weighted by atomic mass is 19.4. The van der Waals surface area contributed by atoms with Crippen molar-refractivity contribution in [1.29, 1.82) is 5.41 Å². The van der Waals surface area contributed by atoms with Crippen LogP contribution in [0, 0.1) is 24.1 Å². The van der Waals surface area contributed by atoms with Crippen molar-refractivity contribution in [3.63, 3.8) is 0 Å². The number of nitrogens with zero attached hydrogens (tertiary/aromatic N) is 3. The molecule has 3 aromatic rings. The van der Waals surface area contributed by atoms with E-state index >= 15 is 0 Å². The molecule has 2 heterocycles. The first kappa shape index (κ1) is 26.7. The van der Waals surface area contributed by atoms with Crippen molar-refractivity contribution in [1.82, 2.24) is 20.0 Å². The van der Waals surface area contributed by atoms with E-state index in [1.165, 1.54) is 23.0 Å². The van der Waals surface area contributed by atoms with Gasteiger partial charge in [0, 0.05) is 30.4 Å². The number of amidine groups is 1. The minimum atomic E-state index is -4.68. The van der Waals surface area contributed by atoms with Gasteiger partial charge in [0.15, 0.2) is 5.69 Å². The number of ether oxygens (including phenoxy) is 1. The summed E-state index contributed by atoms with van der Waals surface area (Å²) in [5.74, 6) is -0.578. The Hall–Kier alpha value is -3.89. The molecule has 0 spiro atoms. The fraction of sp³-hybridized carbons (Fsp3) is 0.393. The van der Waals surface area contributed by atoms with Crippen molar-refractivity contribution in [3.05, 3.63) is 76.4 Å². The summed E-state index contributed by atoms with van der Waals surface area (Å²) in [6.45, 7) is 4.60. The smallest absolute Gasteiger partial charge is 0.435 e. The first-order valence-corrected chi connectivity index (χ1v) is 12.9. The molecule has 1 aliphatic heterocycles. The van der Waals surface area contributed by atoms with Gasteiger partial charge in [-0.2, -0.15) is 18.3 Å². The zero-order valence-electron chi connectivity index (χ0n) is 21.6. The molecule has 0 radical (unpaired) electrons. The molecule has 206 valence electrons. The zero-order chi connectivity index (χ0) is 27.9. The summed E-state index contributed by atoms with van der Waals surface area (Å²) in [6, 6.07) is 9.03. The van der Waals surface area contributed by atoms with Crippen molar-refractivity contribution in [2.24, 2.45) is 5.92 Å². The summed E-state index contributed by atoms with van der Waals surface area (Å²) in [4.78, 5) is 15.2. The molecule has 11 heteroatoms. The van der Waals surface area contributed by atoms with E-state index in [-0.39, 0.29) is 53.6 Å². The Labute approximate surface area is 223 Å². The van der Waals surface area contributed by atoms with Crippen molar-refractivity contribution >= 4 is 11.9 Å². The van der Waals surface area contributed by atoms with Gasteiger partial charge in [0.2, 0.25) is 0 Å². The van der Waals surface area contributed by atoms with Gasteiger partial charge >= 0.3 is 6.18 Å². The molecule has 39 heavy (non-hydrogen) atoms. The highest BCUT2D eigenvalue weighted by Gasteiger charge is 2.38. The van der Waals surface area contributed by atoms with E-state index in [2.05, 4.69) is 10.4 Å². The predicted octanol–water partition coefficient (Wildman–Crippen LogP) is 5.68. The molecule has 1 atom stereocenters. The molecule has 1 amide bonds. The molecule has 2 aliphatic rings. The molecular weight excluding hydrogens is 514 g/mol. The lowest BCUT2D eigenvalue weighted by molar-refractivity contribution is -0.141. The molecule has 1 aromatic heterocycles. The minimum absolute atomic E-state index is 0.0262. The Balaban J connectivity index is 1.53. The van der Waals surface area contributed by atoms with Gasteiger partial charge in [-0.15, -0.1) is 0 Å². The molecule has 1 saturated heterocycles. The number of carbonyl (C=O) groups is 1. The Morgan fingerprint density at radius 2 is 2.00 bits per heavy atom. The van der Waals surface area contributed by atoms with Crippen LogP contribution in [0.2, 0.25) is 0 Å². The van der Waals surface area contributed by atoms with E-state index in [0.29, 0.717) is 24.3 Å². The van der Waals surface area contributed by atoms with Crippen LogP contribution in [-0.4, -0.2) is 39.8 Å². The van der Waals surface area contributed by atoms with Gasteiger partial charge in [-0.1, -0.05) is 12.1 Å². The van der Waals surface area contributed by atoms with Crippen LogP contribution in [0.4, 0.5) is 17.6 Å². The maximum Gasteiger partial charge on any atom is 0.435 e. The van der Waals surface area contributed by atoms with Crippen molar-refractivity contribution in [2.45, 2.75) is 52.0 Å². The van der Waals surface area contributed by atoms with Crippen LogP contribution < -0.4 is 5.32 Å². The highest BCUT2D eigenvalue weighted by molar-refractivity contribution is 5.96. The molecule has 7 nitrogen and oxygen atoms in total. The van der Waals surface area contributed by atoms with E-state index in [0.717, 1.165) is 18.4 Å². The summed E-state index contributed by atoms with van der Waals surface area (Å²) in [5.41, 5.74) is 1.06. The number of nitrogens with one attached hydrogen (secondary N) is 2. The van der Waals surface area contributed by atoms with Gasteiger partial charge < -0.3 is 15.0 Å². The minimum Gasteiger partial charge on any atom is -0.463 e. The first-order chi connectivity index (χ1) is 18.5. The summed E-state index contributed by atoms with van der Waals surface area (Å²) in [7, 11) is 0. The fourth-order valence-electron chi connectivity index (χ4n) is 4.88. The number of carbonyl (C=O) groups excluding carboxylic acids is 1. The van der Waals surface area contributed by atoms with Gasteiger partial charge in [-0.05, 0) is 79.1 Å². The fourth-order valence-corrected chi connectivity index (χ4v) is 4.88. The van der Waals surface area contributed by atoms with Crippen LogP contribution in [0.25, 0.3) is 11.1 Å². The molecule has 2 aromatic carbocycles. The lowest BCUT2D eigenvalue weighted by atomic mass is 9.97. The highest BCUT2D eigenvalue weighted by Crippen LogP contribution is 2.42. The van der Waals surface area contributed by atoms with Crippen molar-refractivity contribution in [3.8, 4) is 11.1 Å². The summed E-state index contributed by atoms with van der Waals surface area (Å²) in [5, 5.41) is 14.7. The second-order valence-corrected chi connectivity index (χ2v) is 10.0. The van der Waals surface area contributed by atoms with Crippen LogP contribution in [0.1, 0.15) is 58.5 Å². The Bertz CT molecular complexity index is 1410. The molecular formula is C28H29F4N5O2. The maximum atomic E-state index is 13.9. The zero-order valence-corrected chi connectivity index (χ0v) is 21.6.